The standard InChI is InChI=1S/C8H17P/c1-7(2)8-5-4-6-9(8)3/h7-8H,4-6H2,1-3H3. The molecule has 0 amide bonds. The molecular weight excluding hydrogens is 127 g/mol. The lowest BCUT2D eigenvalue weighted by atomic mass is 10.1. The molecule has 1 aliphatic rings. The second-order valence-corrected chi connectivity index (χ2v) is 6.06. The highest BCUT2D eigenvalue weighted by Gasteiger charge is 2.24. The molecule has 0 aromatic heterocycles. The number of hydrogen-bond donors (Lipinski definition) is 0. The molecule has 54 valence electrons. The molecule has 1 heteroatoms. The largest absolute Gasteiger partial charge is 0.106 e. The highest BCUT2D eigenvalue weighted by Crippen LogP contribution is 2.49. The first-order chi connectivity index (χ1) is 4.22. The van der Waals surface area contributed by atoms with Crippen molar-refractivity contribution in [2.75, 3.05) is 12.8 Å². The Morgan fingerprint density at radius 2 is 2.11 bits per heavy atom. The zero-order chi connectivity index (χ0) is 6.85. The topological polar surface area (TPSA) is 0 Å². The van der Waals surface area contributed by atoms with Gasteiger partial charge in [-0.25, -0.2) is 0 Å². The Hall–Kier alpha value is 0.430. The first-order valence-corrected chi connectivity index (χ1v) is 5.96. The predicted octanol–water partition coefficient (Wildman–Crippen LogP) is 2.92. The second kappa shape index (κ2) is 3.01. The van der Waals surface area contributed by atoms with Crippen molar-refractivity contribution in [1.82, 2.24) is 0 Å². The monoisotopic (exact) mass is 144 g/mol. The first kappa shape index (κ1) is 7.54. The van der Waals surface area contributed by atoms with Gasteiger partial charge < -0.3 is 0 Å². The Morgan fingerprint density at radius 3 is 2.33 bits per heavy atom. The Labute approximate surface area is 59.8 Å². The van der Waals surface area contributed by atoms with Crippen molar-refractivity contribution in [3.8, 4) is 0 Å². The summed E-state index contributed by atoms with van der Waals surface area (Å²) < 4.78 is 0. The Kier molecular flexibility index (Phi) is 2.52. The maximum Gasteiger partial charge on any atom is -0.0188 e. The predicted molar refractivity (Wildman–Crippen MR) is 45.6 cm³/mol. The molecule has 9 heavy (non-hydrogen) atoms. The van der Waals surface area contributed by atoms with E-state index >= 15 is 0 Å². The summed E-state index contributed by atoms with van der Waals surface area (Å²) in [5.74, 6) is 0.948. The Morgan fingerprint density at radius 1 is 1.44 bits per heavy atom. The van der Waals surface area contributed by atoms with Crippen LogP contribution in [0, 0.1) is 5.92 Å². The van der Waals surface area contributed by atoms with Gasteiger partial charge in [-0.2, -0.15) is 0 Å². The second-order valence-electron chi connectivity index (χ2n) is 3.43. The molecule has 1 heterocycles. The van der Waals surface area contributed by atoms with Gasteiger partial charge in [0.1, 0.15) is 0 Å². The summed E-state index contributed by atoms with van der Waals surface area (Å²) in [6.07, 6.45) is 4.56. The van der Waals surface area contributed by atoms with E-state index in [1.54, 1.807) is 0 Å². The van der Waals surface area contributed by atoms with Gasteiger partial charge in [-0.05, 0) is 37.2 Å². The van der Waals surface area contributed by atoms with Gasteiger partial charge in [0.05, 0.1) is 0 Å². The maximum absolute atomic E-state index is 2.47. The van der Waals surface area contributed by atoms with Crippen LogP contribution in [0.3, 0.4) is 0 Å². The molecule has 1 rings (SSSR count). The summed E-state index contributed by atoms with van der Waals surface area (Å²) in [6.45, 7) is 7.20. The molecule has 0 saturated carbocycles. The third-order valence-electron chi connectivity index (χ3n) is 2.35. The molecule has 1 saturated heterocycles. The smallest absolute Gasteiger partial charge is 0.0188 e. The summed E-state index contributed by atoms with van der Waals surface area (Å²) in [5, 5.41) is 0. The summed E-state index contributed by atoms with van der Waals surface area (Å²) in [4.78, 5) is 0. The van der Waals surface area contributed by atoms with Crippen LogP contribution in [0.4, 0.5) is 0 Å². The van der Waals surface area contributed by atoms with Crippen LogP contribution in [0.15, 0.2) is 0 Å². The highest BCUT2D eigenvalue weighted by molar-refractivity contribution is 7.57. The minimum atomic E-state index is 0.432. The van der Waals surface area contributed by atoms with E-state index in [0.717, 1.165) is 11.6 Å². The average Bonchev–Trinajstić information content (AvgIpc) is 2.13. The molecule has 0 nitrogen and oxygen atoms in total. The van der Waals surface area contributed by atoms with Crippen LogP contribution >= 0.6 is 7.92 Å². The molecule has 0 N–H and O–H groups in total. The zero-order valence-electron chi connectivity index (χ0n) is 6.72. The quantitative estimate of drug-likeness (QED) is 0.496. The average molecular weight is 144 g/mol. The van der Waals surface area contributed by atoms with E-state index in [4.69, 9.17) is 0 Å². The molecule has 0 aromatic carbocycles. The van der Waals surface area contributed by atoms with Gasteiger partial charge in [-0.3, -0.25) is 0 Å². The Bertz CT molecular complexity index is 88.6. The lowest BCUT2D eigenvalue weighted by molar-refractivity contribution is 0.583. The third kappa shape index (κ3) is 1.67. The third-order valence-corrected chi connectivity index (χ3v) is 5.35. The van der Waals surface area contributed by atoms with Gasteiger partial charge >= 0.3 is 0 Å². The lowest BCUT2D eigenvalue weighted by Crippen LogP contribution is -2.07. The van der Waals surface area contributed by atoms with Crippen LogP contribution in [0.25, 0.3) is 0 Å². The molecule has 0 radical (unpaired) electrons. The van der Waals surface area contributed by atoms with Crippen molar-refractivity contribution < 1.29 is 0 Å². The SMILES string of the molecule is CC(C)C1CCCP1C. The van der Waals surface area contributed by atoms with E-state index in [0.29, 0.717) is 7.92 Å². The molecule has 0 aliphatic carbocycles. The van der Waals surface area contributed by atoms with Gasteiger partial charge in [-0.1, -0.05) is 13.8 Å². The van der Waals surface area contributed by atoms with Crippen LogP contribution < -0.4 is 0 Å². The van der Waals surface area contributed by atoms with Gasteiger partial charge in [0.15, 0.2) is 0 Å². The summed E-state index contributed by atoms with van der Waals surface area (Å²) >= 11 is 0. The summed E-state index contributed by atoms with van der Waals surface area (Å²) in [6, 6.07) is 0. The fourth-order valence-corrected chi connectivity index (χ4v) is 4.43. The van der Waals surface area contributed by atoms with E-state index < -0.39 is 0 Å². The zero-order valence-corrected chi connectivity index (χ0v) is 7.62. The molecule has 0 spiro atoms. The van der Waals surface area contributed by atoms with Crippen molar-refractivity contribution in [3.63, 3.8) is 0 Å². The van der Waals surface area contributed by atoms with Gasteiger partial charge in [0.2, 0.25) is 0 Å². The van der Waals surface area contributed by atoms with Gasteiger partial charge in [0, 0.05) is 0 Å². The van der Waals surface area contributed by atoms with Crippen LogP contribution in [0.5, 0.6) is 0 Å². The molecule has 0 aromatic rings. The van der Waals surface area contributed by atoms with Crippen molar-refractivity contribution in [3.05, 3.63) is 0 Å². The molecular formula is C8H17P. The van der Waals surface area contributed by atoms with Crippen molar-refractivity contribution >= 4 is 7.92 Å². The van der Waals surface area contributed by atoms with Gasteiger partial charge in [0.25, 0.3) is 0 Å². The van der Waals surface area contributed by atoms with Crippen LogP contribution in [0.2, 0.25) is 0 Å². The van der Waals surface area contributed by atoms with E-state index in [-0.39, 0.29) is 0 Å². The maximum atomic E-state index is 2.47. The minimum absolute atomic E-state index is 0.432. The van der Waals surface area contributed by atoms with Crippen LogP contribution in [0.1, 0.15) is 26.7 Å². The van der Waals surface area contributed by atoms with Crippen molar-refractivity contribution in [2.45, 2.75) is 32.3 Å². The van der Waals surface area contributed by atoms with E-state index in [1.165, 1.54) is 19.0 Å². The minimum Gasteiger partial charge on any atom is -0.106 e. The molecule has 1 aliphatic heterocycles. The van der Waals surface area contributed by atoms with Crippen LogP contribution in [-0.2, 0) is 0 Å². The molecule has 2 unspecified atom stereocenters. The van der Waals surface area contributed by atoms with E-state index in [2.05, 4.69) is 20.5 Å². The summed E-state index contributed by atoms with van der Waals surface area (Å²) in [5.41, 5.74) is 1.10. The Balaban J connectivity index is 2.40. The molecule has 0 bridgehead atoms. The van der Waals surface area contributed by atoms with Crippen molar-refractivity contribution in [1.29, 1.82) is 0 Å². The van der Waals surface area contributed by atoms with E-state index in [1.807, 2.05) is 0 Å². The van der Waals surface area contributed by atoms with E-state index in [9.17, 15) is 0 Å². The fraction of sp³-hybridized carbons (Fsp3) is 1.00. The molecule has 1 fully saturated rings. The van der Waals surface area contributed by atoms with Crippen molar-refractivity contribution in [2.24, 2.45) is 5.92 Å². The molecule has 2 atom stereocenters. The highest BCUT2D eigenvalue weighted by atomic mass is 31.1. The van der Waals surface area contributed by atoms with Gasteiger partial charge in [-0.15, -0.1) is 7.92 Å². The number of hydrogen-bond acceptors (Lipinski definition) is 0. The van der Waals surface area contributed by atoms with Crippen LogP contribution in [-0.4, -0.2) is 18.5 Å². The summed E-state index contributed by atoms with van der Waals surface area (Å²) in [7, 11) is 0.432. The number of rotatable bonds is 1. The first-order valence-electron chi connectivity index (χ1n) is 3.92. The lowest BCUT2D eigenvalue weighted by Gasteiger charge is -2.19. The fourth-order valence-electron chi connectivity index (χ4n) is 1.78. The normalized spacial score (nSPS) is 36.0.